The molecule has 0 unspecified atom stereocenters. The van der Waals surface area contributed by atoms with Gasteiger partial charge < -0.3 is 0 Å². The number of hydrogen-bond donors (Lipinski definition) is 2. The Bertz CT molecular complexity index is 679. The fraction of sp³-hybridized carbons (Fsp3) is 0.300. The van der Waals surface area contributed by atoms with Crippen LogP contribution in [0, 0.1) is 11.8 Å². The van der Waals surface area contributed by atoms with Crippen LogP contribution in [0.3, 0.4) is 0 Å². The molecule has 2 aromatic rings. The van der Waals surface area contributed by atoms with Gasteiger partial charge in [-0.2, -0.15) is 0 Å². The minimum absolute atomic E-state index is 0.0307. The van der Waals surface area contributed by atoms with E-state index in [-0.39, 0.29) is 35.5 Å². The van der Waals surface area contributed by atoms with Crippen LogP contribution in [0.2, 0.25) is 0 Å². The molecule has 2 amide bonds. The summed E-state index contributed by atoms with van der Waals surface area (Å²) >= 11 is 0. The maximum Gasteiger partial charge on any atom is 0.242 e. The fourth-order valence-corrected chi connectivity index (χ4v) is 3.42. The SMILES string of the molecule is O=C(NNC(=O)[C@H]1C[C@H]1c1ccccc1)[C@H]1C[C@@H]1c1ccccc1. The summed E-state index contributed by atoms with van der Waals surface area (Å²) in [5.74, 6) is 0.319. The first-order chi connectivity index (χ1) is 11.7. The lowest BCUT2D eigenvalue weighted by Crippen LogP contribution is -2.43. The van der Waals surface area contributed by atoms with Crippen molar-refractivity contribution < 1.29 is 9.59 Å². The van der Waals surface area contributed by atoms with E-state index in [1.165, 1.54) is 11.1 Å². The number of carbonyl (C=O) groups excluding carboxylic acids is 2. The molecule has 122 valence electrons. The second-order valence-electron chi connectivity index (χ2n) is 6.70. The molecule has 2 aromatic carbocycles. The smallest absolute Gasteiger partial charge is 0.242 e. The van der Waals surface area contributed by atoms with E-state index in [0.29, 0.717) is 0 Å². The lowest BCUT2D eigenvalue weighted by atomic mass is 10.1. The van der Waals surface area contributed by atoms with Gasteiger partial charge in [-0.1, -0.05) is 60.7 Å². The summed E-state index contributed by atoms with van der Waals surface area (Å²) in [4.78, 5) is 24.3. The fourth-order valence-electron chi connectivity index (χ4n) is 3.42. The third-order valence-electron chi connectivity index (χ3n) is 5.02. The number of hydrogen-bond acceptors (Lipinski definition) is 2. The van der Waals surface area contributed by atoms with Gasteiger partial charge in [-0.3, -0.25) is 20.4 Å². The Labute approximate surface area is 141 Å². The van der Waals surface area contributed by atoms with Gasteiger partial charge in [0.2, 0.25) is 11.8 Å². The van der Waals surface area contributed by atoms with E-state index in [0.717, 1.165) is 12.8 Å². The van der Waals surface area contributed by atoms with Gasteiger partial charge in [-0.05, 0) is 35.8 Å². The van der Waals surface area contributed by atoms with Crippen LogP contribution >= 0.6 is 0 Å². The Kier molecular flexibility index (Phi) is 3.81. The minimum atomic E-state index is -0.0888. The molecule has 0 bridgehead atoms. The van der Waals surface area contributed by atoms with Crippen molar-refractivity contribution in [3.63, 3.8) is 0 Å². The standard InChI is InChI=1S/C20H20N2O2/c23-19(17-11-15(17)13-7-3-1-4-8-13)21-22-20(24)18-12-16(18)14-9-5-2-6-10-14/h1-10,15-18H,11-12H2,(H,21,23)(H,22,24)/t15-,16+,17-,18-/m0/s1. The molecule has 0 aromatic heterocycles. The van der Waals surface area contributed by atoms with Crippen LogP contribution in [0.15, 0.2) is 60.7 Å². The van der Waals surface area contributed by atoms with Crippen molar-refractivity contribution in [2.24, 2.45) is 11.8 Å². The Morgan fingerprint density at radius 1 is 0.667 bits per heavy atom. The molecular formula is C20H20N2O2. The van der Waals surface area contributed by atoms with E-state index < -0.39 is 0 Å². The zero-order chi connectivity index (χ0) is 16.5. The van der Waals surface area contributed by atoms with Crippen molar-refractivity contribution in [1.29, 1.82) is 0 Å². The minimum Gasteiger partial charge on any atom is -0.273 e. The highest BCUT2D eigenvalue weighted by Crippen LogP contribution is 2.48. The number of hydrazine groups is 1. The van der Waals surface area contributed by atoms with Gasteiger partial charge in [0.1, 0.15) is 0 Å². The summed E-state index contributed by atoms with van der Waals surface area (Å²) < 4.78 is 0. The summed E-state index contributed by atoms with van der Waals surface area (Å²) in [6.07, 6.45) is 1.70. The molecule has 2 saturated carbocycles. The molecule has 2 fully saturated rings. The molecule has 2 aliphatic rings. The third-order valence-corrected chi connectivity index (χ3v) is 5.02. The number of carbonyl (C=O) groups is 2. The highest BCUT2D eigenvalue weighted by atomic mass is 16.2. The molecule has 0 saturated heterocycles. The normalized spacial score (nSPS) is 27.2. The highest BCUT2D eigenvalue weighted by Gasteiger charge is 2.46. The summed E-state index contributed by atoms with van der Waals surface area (Å²) in [6.45, 7) is 0. The Morgan fingerprint density at radius 2 is 1.04 bits per heavy atom. The van der Waals surface area contributed by atoms with Crippen LogP contribution in [0.25, 0.3) is 0 Å². The van der Waals surface area contributed by atoms with Crippen molar-refractivity contribution in [2.75, 3.05) is 0 Å². The topological polar surface area (TPSA) is 58.2 Å². The van der Waals surface area contributed by atoms with Crippen LogP contribution in [-0.4, -0.2) is 11.8 Å². The molecule has 2 N–H and O–H groups in total. The van der Waals surface area contributed by atoms with Gasteiger partial charge >= 0.3 is 0 Å². The van der Waals surface area contributed by atoms with E-state index in [2.05, 4.69) is 10.9 Å². The maximum absolute atomic E-state index is 12.2. The predicted molar refractivity (Wildman–Crippen MR) is 90.9 cm³/mol. The van der Waals surface area contributed by atoms with Crippen LogP contribution < -0.4 is 10.9 Å². The monoisotopic (exact) mass is 320 g/mol. The number of nitrogens with one attached hydrogen (secondary N) is 2. The van der Waals surface area contributed by atoms with Gasteiger partial charge in [0.05, 0.1) is 0 Å². The highest BCUT2D eigenvalue weighted by molar-refractivity contribution is 5.88. The van der Waals surface area contributed by atoms with Crippen molar-refractivity contribution in [3.05, 3.63) is 71.8 Å². The van der Waals surface area contributed by atoms with Crippen LogP contribution in [0.1, 0.15) is 35.8 Å². The number of benzene rings is 2. The van der Waals surface area contributed by atoms with Crippen LogP contribution in [0.5, 0.6) is 0 Å². The molecule has 4 atom stereocenters. The Balaban J connectivity index is 1.25. The lowest BCUT2D eigenvalue weighted by molar-refractivity contribution is -0.130. The van der Waals surface area contributed by atoms with Crippen LogP contribution in [-0.2, 0) is 9.59 Å². The Morgan fingerprint density at radius 3 is 1.42 bits per heavy atom. The first kappa shape index (κ1) is 14.9. The molecule has 2 aliphatic carbocycles. The lowest BCUT2D eigenvalue weighted by Gasteiger charge is -2.07. The maximum atomic E-state index is 12.2. The van der Waals surface area contributed by atoms with Gasteiger partial charge in [0, 0.05) is 11.8 Å². The molecular weight excluding hydrogens is 300 g/mol. The van der Waals surface area contributed by atoms with Gasteiger partial charge in [0.25, 0.3) is 0 Å². The van der Waals surface area contributed by atoms with Crippen molar-refractivity contribution >= 4 is 11.8 Å². The van der Waals surface area contributed by atoms with Gasteiger partial charge in [-0.25, -0.2) is 0 Å². The summed E-state index contributed by atoms with van der Waals surface area (Å²) in [5, 5.41) is 0. The first-order valence-corrected chi connectivity index (χ1v) is 8.43. The molecule has 0 heterocycles. The van der Waals surface area contributed by atoms with Gasteiger partial charge in [-0.15, -0.1) is 0 Å². The number of rotatable bonds is 4. The predicted octanol–water partition coefficient (Wildman–Crippen LogP) is 2.74. The van der Waals surface area contributed by atoms with E-state index in [4.69, 9.17) is 0 Å². The number of amides is 2. The summed E-state index contributed by atoms with van der Waals surface area (Å²) in [6, 6.07) is 20.1. The average Bonchev–Trinajstić information content (AvgIpc) is 3.54. The van der Waals surface area contributed by atoms with E-state index >= 15 is 0 Å². The average molecular weight is 320 g/mol. The van der Waals surface area contributed by atoms with E-state index in [9.17, 15) is 9.59 Å². The van der Waals surface area contributed by atoms with Crippen molar-refractivity contribution in [2.45, 2.75) is 24.7 Å². The van der Waals surface area contributed by atoms with Crippen molar-refractivity contribution in [1.82, 2.24) is 10.9 Å². The third kappa shape index (κ3) is 3.04. The molecule has 0 aliphatic heterocycles. The summed E-state index contributed by atoms with van der Waals surface area (Å²) in [7, 11) is 0. The van der Waals surface area contributed by atoms with Crippen molar-refractivity contribution in [3.8, 4) is 0 Å². The Hall–Kier alpha value is -2.62. The molecule has 4 heteroatoms. The zero-order valence-corrected chi connectivity index (χ0v) is 13.3. The molecule has 4 nitrogen and oxygen atoms in total. The quantitative estimate of drug-likeness (QED) is 0.851. The zero-order valence-electron chi connectivity index (χ0n) is 13.3. The van der Waals surface area contributed by atoms with E-state index in [1.54, 1.807) is 0 Å². The second-order valence-corrected chi connectivity index (χ2v) is 6.70. The largest absolute Gasteiger partial charge is 0.273 e. The molecule has 4 rings (SSSR count). The van der Waals surface area contributed by atoms with Crippen LogP contribution in [0.4, 0.5) is 0 Å². The molecule has 0 spiro atoms. The van der Waals surface area contributed by atoms with Gasteiger partial charge in [0.15, 0.2) is 0 Å². The molecule has 24 heavy (non-hydrogen) atoms. The van der Waals surface area contributed by atoms with E-state index in [1.807, 2.05) is 60.7 Å². The summed E-state index contributed by atoms with van der Waals surface area (Å²) in [5.41, 5.74) is 7.58. The second kappa shape index (κ2) is 6.11. The molecule has 0 radical (unpaired) electrons. The first-order valence-electron chi connectivity index (χ1n) is 8.43.